The van der Waals surface area contributed by atoms with Gasteiger partial charge >= 0.3 is 0 Å². The van der Waals surface area contributed by atoms with Crippen molar-refractivity contribution in [3.05, 3.63) is 0 Å². The van der Waals surface area contributed by atoms with Gasteiger partial charge in [0.05, 0.1) is 21.2 Å². The summed E-state index contributed by atoms with van der Waals surface area (Å²) in [7, 11) is 1.59. The molecule has 0 amide bonds. The molecule has 0 aromatic rings. The van der Waals surface area contributed by atoms with Gasteiger partial charge in [0.25, 0.3) is 0 Å². The van der Waals surface area contributed by atoms with Gasteiger partial charge in [-0.05, 0) is 0 Å². The largest absolute Gasteiger partial charge is 0.382 e. The average molecular weight is 120 g/mol. The van der Waals surface area contributed by atoms with E-state index in [1.807, 2.05) is 0 Å². The summed E-state index contributed by atoms with van der Waals surface area (Å²) in [5.74, 6) is 0. The van der Waals surface area contributed by atoms with E-state index >= 15 is 0 Å². The van der Waals surface area contributed by atoms with Crippen LogP contribution in [0.2, 0.25) is 0 Å². The highest BCUT2D eigenvalue weighted by Gasteiger charge is 1.81. The molecule has 0 saturated heterocycles. The molecular formula is C5H13NO2. The monoisotopic (exact) mass is 120 g/mol. The van der Waals surface area contributed by atoms with Crippen molar-refractivity contribution in [2.24, 2.45) is 5.73 Å². The highest BCUT2D eigenvalue weighted by Crippen LogP contribution is 1.71. The van der Waals surface area contributed by atoms with Gasteiger partial charge in [-0.1, -0.05) is 0 Å². The van der Waals surface area contributed by atoms with E-state index in [1.54, 1.807) is 7.11 Å². The van der Waals surface area contributed by atoms with Crippen molar-refractivity contribution >= 4 is 0 Å². The summed E-state index contributed by atoms with van der Waals surface area (Å²) in [5.41, 5.74) is 5.10. The van der Waals surface area contributed by atoms with Crippen LogP contribution in [0, 0.1) is 0 Å². The Bertz CT molecular complexity index is 62.9. The maximum Gasteiger partial charge on any atom is 0.0700 e. The molecule has 0 aromatic heterocycles. The van der Waals surface area contributed by atoms with Crippen molar-refractivity contribution in [3.8, 4) is 0 Å². The fraction of sp³-hybridized carbons (Fsp3) is 1.00. The second kappa shape index (κ2) is 6.88. The standard InChI is InChI=1S/C5H13NO2/c1-7-4-5-8-3-2-6/h2-6H2,1H3/i3D. The fourth-order valence-electron chi connectivity index (χ4n) is 0.283. The number of hydrogen-bond acceptors (Lipinski definition) is 3. The Morgan fingerprint density at radius 3 is 2.88 bits per heavy atom. The lowest BCUT2D eigenvalue weighted by Crippen LogP contribution is -2.11. The molecular weight excluding hydrogens is 106 g/mol. The summed E-state index contributed by atoms with van der Waals surface area (Å²) in [6.45, 7) is 0.612. The zero-order valence-electron chi connectivity index (χ0n) is 6.09. The summed E-state index contributed by atoms with van der Waals surface area (Å²) < 4.78 is 16.5. The Kier molecular flexibility index (Phi) is 5.17. The molecule has 0 aromatic carbocycles. The summed E-state index contributed by atoms with van der Waals surface area (Å²) in [6, 6.07) is 0. The van der Waals surface area contributed by atoms with Crippen molar-refractivity contribution in [2.75, 3.05) is 33.5 Å². The maximum atomic E-state index is 7.00. The Hall–Kier alpha value is -0.120. The summed E-state index contributed by atoms with van der Waals surface area (Å²) in [4.78, 5) is 0. The number of methoxy groups -OCH3 is 1. The molecule has 0 rings (SSSR count). The second-order valence-electron chi connectivity index (χ2n) is 1.27. The van der Waals surface area contributed by atoms with E-state index < -0.39 is 6.58 Å². The van der Waals surface area contributed by atoms with E-state index in [1.165, 1.54) is 0 Å². The van der Waals surface area contributed by atoms with Gasteiger partial charge in [-0.25, -0.2) is 0 Å². The Morgan fingerprint density at radius 2 is 2.38 bits per heavy atom. The van der Waals surface area contributed by atoms with Gasteiger partial charge in [0.15, 0.2) is 0 Å². The third kappa shape index (κ3) is 5.88. The van der Waals surface area contributed by atoms with E-state index in [4.69, 9.17) is 11.8 Å². The van der Waals surface area contributed by atoms with Crippen LogP contribution in [0.15, 0.2) is 0 Å². The topological polar surface area (TPSA) is 44.5 Å². The first kappa shape index (κ1) is 6.01. The Morgan fingerprint density at radius 1 is 1.62 bits per heavy atom. The smallest absolute Gasteiger partial charge is 0.0700 e. The van der Waals surface area contributed by atoms with Crippen LogP contribution in [-0.2, 0) is 9.47 Å². The summed E-state index contributed by atoms with van der Waals surface area (Å²) in [6.07, 6.45) is 0. The predicted molar refractivity (Wildman–Crippen MR) is 31.7 cm³/mol. The fourth-order valence-corrected chi connectivity index (χ4v) is 0.283. The molecule has 1 unspecified atom stereocenters. The van der Waals surface area contributed by atoms with Crippen LogP contribution in [0.25, 0.3) is 0 Å². The Balaban J connectivity index is 2.88. The molecule has 3 nitrogen and oxygen atoms in total. The lowest BCUT2D eigenvalue weighted by Gasteiger charge is -1.98. The second-order valence-corrected chi connectivity index (χ2v) is 1.27. The van der Waals surface area contributed by atoms with Crippen LogP contribution in [0.4, 0.5) is 0 Å². The molecule has 1 atom stereocenters. The minimum Gasteiger partial charge on any atom is -0.382 e. The summed E-state index contributed by atoms with van der Waals surface area (Å²) in [5, 5.41) is 0. The zero-order chi connectivity index (χ0) is 7.11. The molecule has 0 aliphatic rings. The average Bonchev–Trinajstić information content (AvgIpc) is 1.89. The van der Waals surface area contributed by atoms with Crippen molar-refractivity contribution in [1.82, 2.24) is 0 Å². The minimum absolute atomic E-state index is 0.240. The lowest BCUT2D eigenvalue weighted by atomic mass is 10.7. The number of hydrogen-bond donors (Lipinski definition) is 1. The third-order valence-electron chi connectivity index (χ3n) is 0.619. The van der Waals surface area contributed by atoms with E-state index in [-0.39, 0.29) is 6.54 Å². The highest BCUT2D eigenvalue weighted by atomic mass is 16.5. The van der Waals surface area contributed by atoms with Crippen molar-refractivity contribution in [3.63, 3.8) is 0 Å². The third-order valence-corrected chi connectivity index (χ3v) is 0.619. The number of nitrogens with two attached hydrogens (primary N) is 1. The predicted octanol–water partition coefficient (Wildman–Crippen LogP) is -0.392. The van der Waals surface area contributed by atoms with Gasteiger partial charge in [-0.2, -0.15) is 0 Å². The molecule has 8 heavy (non-hydrogen) atoms. The molecule has 3 heteroatoms. The molecule has 0 aliphatic carbocycles. The van der Waals surface area contributed by atoms with E-state index in [0.717, 1.165) is 0 Å². The normalized spacial score (nSPS) is 15.5. The maximum absolute atomic E-state index is 7.00. The van der Waals surface area contributed by atoms with Crippen LogP contribution in [-0.4, -0.2) is 33.5 Å². The van der Waals surface area contributed by atoms with Gasteiger partial charge in [-0.15, -0.1) is 0 Å². The first-order chi connectivity index (χ1) is 4.31. The quantitative estimate of drug-likeness (QED) is 0.502. The van der Waals surface area contributed by atoms with Crippen LogP contribution in [0.1, 0.15) is 1.37 Å². The molecule has 0 heterocycles. The van der Waals surface area contributed by atoms with Gasteiger partial charge in [0.1, 0.15) is 0 Å². The lowest BCUT2D eigenvalue weighted by molar-refractivity contribution is 0.0747. The van der Waals surface area contributed by atoms with E-state index in [0.29, 0.717) is 13.2 Å². The first-order valence-corrected chi connectivity index (χ1v) is 2.54. The van der Waals surface area contributed by atoms with Crippen LogP contribution in [0.5, 0.6) is 0 Å². The molecule has 0 saturated carbocycles. The van der Waals surface area contributed by atoms with Crippen molar-refractivity contribution < 1.29 is 10.8 Å². The molecule has 0 aliphatic heterocycles. The first-order valence-electron chi connectivity index (χ1n) is 3.12. The van der Waals surface area contributed by atoms with E-state index in [2.05, 4.69) is 4.74 Å². The Labute approximate surface area is 51.2 Å². The SMILES string of the molecule is [2H]C(CN)OCCOC. The van der Waals surface area contributed by atoms with E-state index in [9.17, 15) is 0 Å². The van der Waals surface area contributed by atoms with Crippen LogP contribution >= 0.6 is 0 Å². The molecule has 0 radical (unpaired) electrons. The number of rotatable bonds is 5. The minimum atomic E-state index is -0.597. The van der Waals surface area contributed by atoms with Gasteiger partial charge in [-0.3, -0.25) is 0 Å². The highest BCUT2D eigenvalue weighted by molar-refractivity contribution is 4.30. The van der Waals surface area contributed by atoms with Gasteiger partial charge in [0, 0.05) is 13.7 Å². The van der Waals surface area contributed by atoms with Gasteiger partial charge in [0.2, 0.25) is 0 Å². The summed E-state index contributed by atoms with van der Waals surface area (Å²) >= 11 is 0. The van der Waals surface area contributed by atoms with Crippen molar-refractivity contribution in [1.29, 1.82) is 0 Å². The molecule has 0 fully saturated rings. The molecule has 2 N–H and O–H groups in total. The van der Waals surface area contributed by atoms with Crippen LogP contribution < -0.4 is 5.73 Å². The molecule has 0 spiro atoms. The van der Waals surface area contributed by atoms with Crippen LogP contribution in [0.3, 0.4) is 0 Å². The molecule has 0 bridgehead atoms. The van der Waals surface area contributed by atoms with Crippen molar-refractivity contribution in [2.45, 2.75) is 0 Å². The molecule has 50 valence electrons. The number of ether oxygens (including phenoxy) is 2. The van der Waals surface area contributed by atoms with Gasteiger partial charge < -0.3 is 15.2 Å². The zero-order valence-corrected chi connectivity index (χ0v) is 5.09.